The van der Waals surface area contributed by atoms with E-state index in [1.54, 1.807) is 29.6 Å². The van der Waals surface area contributed by atoms with Gasteiger partial charge in [-0.1, -0.05) is 18.2 Å². The first-order valence-corrected chi connectivity index (χ1v) is 10.8. The highest BCUT2D eigenvalue weighted by atomic mass is 32.2. The van der Waals surface area contributed by atoms with Gasteiger partial charge in [-0.3, -0.25) is 4.79 Å². The van der Waals surface area contributed by atoms with E-state index in [4.69, 9.17) is 15.2 Å². The zero-order chi connectivity index (χ0) is 21.6. The number of nitrogen functional groups attached to an aromatic ring is 1. The molecule has 1 aromatic carbocycles. The summed E-state index contributed by atoms with van der Waals surface area (Å²) in [4.78, 5) is 23.9. The topological polar surface area (TPSA) is 158 Å². The van der Waals surface area contributed by atoms with Crippen LogP contribution in [0.3, 0.4) is 0 Å². The Bertz CT molecular complexity index is 1120. The number of carbonyl (C=O) groups excluding carboxylic acids is 1. The molecule has 11 nitrogen and oxygen atoms in total. The summed E-state index contributed by atoms with van der Waals surface area (Å²) < 4.78 is 36.6. The number of carbonyl (C=O) groups is 1. The molecule has 13 heteroatoms. The summed E-state index contributed by atoms with van der Waals surface area (Å²) in [5, 5.41) is 4.57. The van der Waals surface area contributed by atoms with Gasteiger partial charge in [-0.05, 0) is 23.6 Å². The van der Waals surface area contributed by atoms with Gasteiger partial charge in [0, 0.05) is 0 Å². The van der Waals surface area contributed by atoms with Crippen LogP contribution < -0.4 is 20.5 Å². The average molecular weight is 451 g/mol. The first-order chi connectivity index (χ1) is 14.4. The number of nitrogens with one attached hydrogen (secondary N) is 2. The number of hydrogen-bond donors (Lipinski definition) is 3. The Morgan fingerprint density at radius 1 is 1.17 bits per heavy atom. The lowest BCUT2D eigenvalue weighted by molar-refractivity contribution is -0.143. The molecule has 0 saturated carbocycles. The molecule has 0 fully saturated rings. The predicted molar refractivity (Wildman–Crippen MR) is 110 cm³/mol. The van der Waals surface area contributed by atoms with Crippen LogP contribution in [0.25, 0.3) is 0 Å². The Labute approximate surface area is 176 Å². The number of hydrogen-bond acceptors (Lipinski definition) is 11. The van der Waals surface area contributed by atoms with Gasteiger partial charge in [0.15, 0.2) is 12.4 Å². The van der Waals surface area contributed by atoms with Crippen molar-refractivity contribution in [3.8, 4) is 5.75 Å². The first kappa shape index (κ1) is 21.4. The van der Waals surface area contributed by atoms with Gasteiger partial charge in [-0.25, -0.2) is 8.42 Å². The molecule has 2 aromatic heterocycles. The lowest BCUT2D eigenvalue weighted by Gasteiger charge is -2.11. The van der Waals surface area contributed by atoms with Gasteiger partial charge in [-0.15, -0.1) is 11.3 Å². The minimum Gasteiger partial charge on any atom is -0.495 e. The summed E-state index contributed by atoms with van der Waals surface area (Å²) in [6.45, 7) is -0.847. The number of nitrogens with two attached hydrogens (primary N) is 1. The van der Waals surface area contributed by atoms with Gasteiger partial charge in [0.1, 0.15) is 16.5 Å². The Kier molecular flexibility index (Phi) is 6.76. The number of aromatic nitrogens is 3. The first-order valence-electron chi connectivity index (χ1n) is 8.46. The van der Waals surface area contributed by atoms with Crippen LogP contribution in [0.2, 0.25) is 0 Å². The minimum absolute atomic E-state index is 0.0770. The molecule has 0 aliphatic carbocycles. The summed E-state index contributed by atoms with van der Waals surface area (Å²) in [6.07, 6.45) is 0. The van der Waals surface area contributed by atoms with E-state index < -0.39 is 22.5 Å². The predicted octanol–water partition coefficient (Wildman–Crippen LogP) is 1.29. The van der Waals surface area contributed by atoms with Crippen molar-refractivity contribution in [2.24, 2.45) is 0 Å². The summed E-state index contributed by atoms with van der Waals surface area (Å²) in [6, 6.07) is 10.2. The van der Waals surface area contributed by atoms with Crippen LogP contribution in [0, 0.1) is 0 Å². The number of rotatable bonds is 9. The second-order valence-electron chi connectivity index (χ2n) is 5.68. The van der Waals surface area contributed by atoms with Gasteiger partial charge in [0.2, 0.25) is 11.9 Å². The number of anilines is 3. The minimum atomic E-state index is -3.77. The molecule has 0 saturated heterocycles. The van der Waals surface area contributed by atoms with Gasteiger partial charge in [0.05, 0.1) is 12.8 Å². The van der Waals surface area contributed by atoms with E-state index in [1.165, 1.54) is 13.2 Å². The molecule has 0 aliphatic rings. The zero-order valence-corrected chi connectivity index (χ0v) is 17.4. The van der Waals surface area contributed by atoms with Crippen molar-refractivity contribution in [2.45, 2.75) is 10.8 Å². The van der Waals surface area contributed by atoms with Gasteiger partial charge >= 0.3 is 5.97 Å². The summed E-state index contributed by atoms with van der Waals surface area (Å²) in [5.74, 6) is -0.0755. The lowest BCUT2D eigenvalue weighted by atomic mass is 10.3. The fourth-order valence-electron chi connectivity index (χ4n) is 2.26. The summed E-state index contributed by atoms with van der Waals surface area (Å²) >= 11 is 1.04. The van der Waals surface area contributed by atoms with Crippen molar-refractivity contribution in [3.05, 3.63) is 47.6 Å². The number of esters is 1. The average Bonchev–Trinajstić information content (AvgIpc) is 3.27. The molecule has 0 radical (unpaired) electrons. The molecule has 0 atom stereocenters. The van der Waals surface area contributed by atoms with Crippen molar-refractivity contribution in [3.63, 3.8) is 0 Å². The molecular weight excluding hydrogens is 432 g/mol. The number of benzene rings is 1. The van der Waals surface area contributed by atoms with Crippen LogP contribution in [0.4, 0.5) is 17.6 Å². The highest BCUT2D eigenvalue weighted by molar-refractivity contribution is 7.91. The third kappa shape index (κ3) is 5.62. The highest BCUT2D eigenvalue weighted by Gasteiger charge is 2.17. The molecule has 0 spiro atoms. The maximum Gasteiger partial charge on any atom is 0.321 e. The molecule has 0 bridgehead atoms. The van der Waals surface area contributed by atoms with Crippen molar-refractivity contribution in [1.29, 1.82) is 0 Å². The van der Waals surface area contributed by atoms with Crippen molar-refractivity contribution in [1.82, 2.24) is 19.7 Å². The van der Waals surface area contributed by atoms with E-state index in [9.17, 15) is 13.2 Å². The number of para-hydroxylation sites is 2. The maximum atomic E-state index is 12.0. The van der Waals surface area contributed by atoms with Crippen LogP contribution in [0.1, 0.15) is 5.82 Å². The Morgan fingerprint density at radius 3 is 2.70 bits per heavy atom. The van der Waals surface area contributed by atoms with E-state index >= 15 is 0 Å². The second-order valence-corrected chi connectivity index (χ2v) is 8.62. The molecule has 158 valence electrons. The fraction of sp³-hybridized carbons (Fsp3) is 0.176. The van der Waals surface area contributed by atoms with Crippen LogP contribution in [0.15, 0.2) is 46.0 Å². The standard InChI is InChI=1S/C17H18N6O5S2/c1-27-12-6-3-2-5-11(12)20-17-22-13(21-16(18)23-17)10-28-14(24)9-19-30(25,26)15-7-4-8-29-15/h2-8,19H,9-10H2,1H3,(H3,18,20,21,22,23). The molecule has 2 heterocycles. The SMILES string of the molecule is COc1ccccc1Nc1nc(N)nc(COC(=O)CNS(=O)(=O)c2cccs2)n1. The number of ether oxygens (including phenoxy) is 2. The van der Waals surface area contributed by atoms with Crippen molar-refractivity contribution < 1.29 is 22.7 Å². The largest absolute Gasteiger partial charge is 0.495 e. The lowest BCUT2D eigenvalue weighted by Crippen LogP contribution is -2.30. The van der Waals surface area contributed by atoms with Crippen LogP contribution in [-0.2, 0) is 26.2 Å². The summed E-state index contributed by atoms with van der Waals surface area (Å²) in [5.41, 5.74) is 6.30. The van der Waals surface area contributed by atoms with Gasteiger partial charge in [-0.2, -0.15) is 19.7 Å². The second kappa shape index (κ2) is 9.47. The normalized spacial score (nSPS) is 11.1. The van der Waals surface area contributed by atoms with Crippen LogP contribution in [0.5, 0.6) is 5.75 Å². The van der Waals surface area contributed by atoms with E-state index in [0.717, 1.165) is 11.3 Å². The quantitative estimate of drug-likeness (QED) is 0.405. The Morgan fingerprint density at radius 2 is 1.97 bits per heavy atom. The third-order valence-corrected chi connectivity index (χ3v) is 6.38. The van der Waals surface area contributed by atoms with E-state index in [2.05, 4.69) is 25.0 Å². The van der Waals surface area contributed by atoms with E-state index in [0.29, 0.717) is 11.4 Å². The molecule has 0 amide bonds. The van der Waals surface area contributed by atoms with Crippen LogP contribution >= 0.6 is 11.3 Å². The number of methoxy groups -OCH3 is 1. The number of thiophene rings is 1. The molecule has 4 N–H and O–H groups in total. The monoisotopic (exact) mass is 450 g/mol. The zero-order valence-electron chi connectivity index (χ0n) is 15.7. The molecule has 30 heavy (non-hydrogen) atoms. The van der Waals surface area contributed by atoms with Crippen molar-refractivity contribution >= 4 is 44.9 Å². The molecule has 0 unspecified atom stereocenters. The molecule has 3 aromatic rings. The summed E-state index contributed by atoms with van der Waals surface area (Å²) in [7, 11) is -2.24. The maximum absolute atomic E-state index is 12.0. The Balaban J connectivity index is 1.59. The molecule has 3 rings (SSSR count). The van der Waals surface area contributed by atoms with Gasteiger partial charge < -0.3 is 20.5 Å². The Hall–Kier alpha value is -3.29. The smallest absolute Gasteiger partial charge is 0.321 e. The molecule has 0 aliphatic heterocycles. The number of sulfonamides is 1. The molecular formula is C17H18N6O5S2. The van der Waals surface area contributed by atoms with E-state index in [1.807, 2.05) is 6.07 Å². The number of nitrogens with zero attached hydrogens (tertiary/aromatic N) is 3. The highest BCUT2D eigenvalue weighted by Crippen LogP contribution is 2.25. The third-order valence-electron chi connectivity index (χ3n) is 3.58. The van der Waals surface area contributed by atoms with Crippen LogP contribution in [-0.4, -0.2) is 43.0 Å². The van der Waals surface area contributed by atoms with Gasteiger partial charge in [0.25, 0.3) is 10.0 Å². The van der Waals surface area contributed by atoms with Crippen molar-refractivity contribution in [2.75, 3.05) is 24.7 Å². The fourth-order valence-corrected chi connectivity index (χ4v) is 4.27. The van der Waals surface area contributed by atoms with E-state index in [-0.39, 0.29) is 28.5 Å².